The molecule has 21 heavy (non-hydrogen) atoms. The molecule has 0 saturated heterocycles. The molecule has 1 aromatic heterocycles. The molecule has 7 heteroatoms. The van der Waals surface area contributed by atoms with E-state index in [1.165, 1.54) is 12.3 Å². The molecule has 3 rings (SSSR count). The molecular weight excluding hydrogens is 279 g/mol. The van der Waals surface area contributed by atoms with Crippen molar-refractivity contribution < 1.29 is 28.6 Å². The van der Waals surface area contributed by atoms with Crippen molar-refractivity contribution in [3.63, 3.8) is 0 Å². The van der Waals surface area contributed by atoms with Crippen LogP contribution < -0.4 is 19.5 Å². The Morgan fingerprint density at radius 2 is 2.14 bits per heavy atom. The van der Waals surface area contributed by atoms with Crippen molar-refractivity contribution in [2.24, 2.45) is 0 Å². The molecule has 0 fully saturated rings. The maximum atomic E-state index is 13.5. The highest BCUT2D eigenvalue weighted by atomic mass is 19.1. The molecule has 6 nitrogen and oxygen atoms in total. The Labute approximate surface area is 119 Å². The summed E-state index contributed by atoms with van der Waals surface area (Å²) < 4.78 is 24.4. The number of amides is 1. The van der Waals surface area contributed by atoms with Gasteiger partial charge in [0, 0.05) is 17.3 Å². The third-order valence-corrected chi connectivity index (χ3v) is 3.03. The Bertz CT molecular complexity index is 685. The van der Waals surface area contributed by atoms with Crippen LogP contribution >= 0.6 is 0 Å². The van der Waals surface area contributed by atoms with E-state index in [4.69, 9.17) is 9.47 Å². The number of hydrogen-bond donors (Lipinski definition) is 2. The van der Waals surface area contributed by atoms with E-state index in [9.17, 15) is 14.4 Å². The molecule has 0 radical (unpaired) electrons. The predicted octanol–water partition coefficient (Wildman–Crippen LogP) is 1.01. The quantitative estimate of drug-likeness (QED) is 0.654. The Balaban J connectivity index is 1.71. The van der Waals surface area contributed by atoms with Gasteiger partial charge in [0.25, 0.3) is 0 Å². The van der Waals surface area contributed by atoms with Crippen LogP contribution in [0.15, 0.2) is 36.5 Å². The van der Waals surface area contributed by atoms with Gasteiger partial charge in [-0.2, -0.15) is 4.39 Å². The fraction of sp³-hybridized carbons (Fsp3) is 0.143. The molecule has 2 aromatic rings. The molecule has 0 bridgehead atoms. The van der Waals surface area contributed by atoms with Crippen LogP contribution in [-0.4, -0.2) is 17.9 Å². The van der Waals surface area contributed by atoms with Gasteiger partial charge >= 0.3 is 11.6 Å². The van der Waals surface area contributed by atoms with Crippen molar-refractivity contribution in [2.75, 3.05) is 6.79 Å². The summed E-state index contributed by atoms with van der Waals surface area (Å²) in [5.74, 6) is -0.270. The maximum Gasteiger partial charge on any atom is 0.356 e. The number of carbonyl (C=O) groups excluding carboxylic acids is 1. The van der Waals surface area contributed by atoms with Crippen LogP contribution in [0.25, 0.3) is 0 Å². The van der Waals surface area contributed by atoms with E-state index in [-0.39, 0.29) is 13.3 Å². The zero-order valence-electron chi connectivity index (χ0n) is 10.9. The first-order valence-corrected chi connectivity index (χ1v) is 6.21. The molecule has 0 saturated carbocycles. The zero-order valence-corrected chi connectivity index (χ0v) is 10.9. The lowest BCUT2D eigenvalue weighted by Gasteiger charge is -2.04. The fourth-order valence-corrected chi connectivity index (χ4v) is 2.00. The lowest BCUT2D eigenvalue weighted by Crippen LogP contribution is -2.42. The average molecular weight is 291 g/mol. The second-order valence-corrected chi connectivity index (χ2v) is 4.42. The van der Waals surface area contributed by atoms with Crippen molar-refractivity contribution in [3.8, 4) is 11.5 Å². The summed E-state index contributed by atoms with van der Waals surface area (Å²) in [7, 11) is 0. The third kappa shape index (κ3) is 2.58. The molecule has 0 aliphatic carbocycles. The first-order chi connectivity index (χ1) is 10.1. The standard InChI is InChI=1S/C14H11FN2O4/c15-10-2-1-5-17(19)13(10)14(18)16-7-9-3-4-11-12(6-9)21-8-20-11/h1-6H,7-8H2,(H-,16,18,19)/p+1. The normalized spacial score (nSPS) is 12.2. The van der Waals surface area contributed by atoms with Gasteiger partial charge in [0.05, 0.1) is 0 Å². The Morgan fingerprint density at radius 3 is 2.95 bits per heavy atom. The first-order valence-electron chi connectivity index (χ1n) is 6.21. The molecule has 1 aliphatic heterocycles. The number of fused-ring (bicyclic) bond motifs is 1. The van der Waals surface area contributed by atoms with E-state index in [1.54, 1.807) is 18.2 Å². The number of nitrogens with one attached hydrogen (secondary N) is 1. The summed E-state index contributed by atoms with van der Waals surface area (Å²) in [5, 5.41) is 12.0. The van der Waals surface area contributed by atoms with Crippen molar-refractivity contribution in [1.82, 2.24) is 5.32 Å². The van der Waals surface area contributed by atoms with Crippen molar-refractivity contribution in [1.29, 1.82) is 0 Å². The Kier molecular flexibility index (Phi) is 3.31. The summed E-state index contributed by atoms with van der Waals surface area (Å²) in [6.07, 6.45) is 1.18. The van der Waals surface area contributed by atoms with Crippen LogP contribution in [0.3, 0.4) is 0 Å². The van der Waals surface area contributed by atoms with E-state index < -0.39 is 17.4 Å². The number of nitrogens with zero attached hydrogens (tertiary/aromatic N) is 1. The van der Waals surface area contributed by atoms with Gasteiger partial charge in [-0.3, -0.25) is 10.0 Å². The van der Waals surface area contributed by atoms with Crippen LogP contribution in [0.1, 0.15) is 16.1 Å². The summed E-state index contributed by atoms with van der Waals surface area (Å²) in [5.41, 5.74) is 0.326. The van der Waals surface area contributed by atoms with E-state index in [2.05, 4.69) is 5.32 Å². The van der Waals surface area contributed by atoms with E-state index in [0.29, 0.717) is 16.2 Å². The van der Waals surface area contributed by atoms with Gasteiger partial charge < -0.3 is 14.8 Å². The largest absolute Gasteiger partial charge is 0.454 e. The summed E-state index contributed by atoms with van der Waals surface area (Å²) in [4.78, 5) is 11.9. The Morgan fingerprint density at radius 1 is 1.33 bits per heavy atom. The molecular formula is C14H12FN2O4+. The van der Waals surface area contributed by atoms with Crippen LogP contribution in [0.2, 0.25) is 0 Å². The number of aromatic nitrogens is 1. The highest BCUT2D eigenvalue weighted by molar-refractivity contribution is 5.90. The molecule has 0 atom stereocenters. The van der Waals surface area contributed by atoms with E-state index in [1.807, 2.05) is 0 Å². The highest BCUT2D eigenvalue weighted by Gasteiger charge is 2.25. The van der Waals surface area contributed by atoms with Crippen LogP contribution in [0.5, 0.6) is 11.5 Å². The number of ether oxygens (including phenoxy) is 2. The third-order valence-electron chi connectivity index (χ3n) is 3.03. The summed E-state index contributed by atoms with van der Waals surface area (Å²) in [6.45, 7) is 0.342. The smallest absolute Gasteiger partial charge is 0.356 e. The number of hydrogen-bond acceptors (Lipinski definition) is 4. The van der Waals surface area contributed by atoms with Gasteiger partial charge in [-0.05, 0) is 23.8 Å². The Hall–Kier alpha value is -2.83. The second-order valence-electron chi connectivity index (χ2n) is 4.42. The minimum Gasteiger partial charge on any atom is -0.454 e. The van der Waals surface area contributed by atoms with Gasteiger partial charge in [-0.25, -0.2) is 0 Å². The number of halogens is 1. The van der Waals surface area contributed by atoms with Gasteiger partial charge in [-0.15, -0.1) is 0 Å². The van der Waals surface area contributed by atoms with Gasteiger partial charge in [0.15, 0.2) is 11.5 Å². The van der Waals surface area contributed by atoms with Gasteiger partial charge in [-0.1, -0.05) is 6.07 Å². The van der Waals surface area contributed by atoms with Crippen LogP contribution in [-0.2, 0) is 6.54 Å². The molecule has 1 aliphatic rings. The van der Waals surface area contributed by atoms with Crippen molar-refractivity contribution in [2.45, 2.75) is 6.54 Å². The number of rotatable bonds is 3. The maximum absolute atomic E-state index is 13.5. The van der Waals surface area contributed by atoms with E-state index in [0.717, 1.165) is 11.6 Å². The predicted molar refractivity (Wildman–Crippen MR) is 67.5 cm³/mol. The topological polar surface area (TPSA) is 71.7 Å². The summed E-state index contributed by atoms with van der Waals surface area (Å²) >= 11 is 0. The highest BCUT2D eigenvalue weighted by Crippen LogP contribution is 2.32. The molecule has 1 amide bonds. The van der Waals surface area contributed by atoms with Crippen molar-refractivity contribution in [3.05, 3.63) is 53.6 Å². The number of pyridine rings is 1. The molecule has 108 valence electrons. The molecule has 0 unspecified atom stereocenters. The van der Waals surface area contributed by atoms with E-state index >= 15 is 0 Å². The minimum absolute atomic E-state index is 0.170. The SMILES string of the molecule is O=C(NCc1ccc2c(c1)OCO2)c1c(F)ccc[n+]1O. The number of benzene rings is 1. The van der Waals surface area contributed by atoms with Gasteiger partial charge in [0.1, 0.15) is 0 Å². The van der Waals surface area contributed by atoms with Crippen LogP contribution in [0.4, 0.5) is 4.39 Å². The minimum atomic E-state index is -0.803. The van der Waals surface area contributed by atoms with Crippen molar-refractivity contribution >= 4 is 5.91 Å². The molecule has 1 aromatic carbocycles. The lowest BCUT2D eigenvalue weighted by atomic mass is 10.2. The molecule has 2 heterocycles. The van der Waals surface area contributed by atoms with Gasteiger partial charge in [0.2, 0.25) is 18.8 Å². The lowest BCUT2D eigenvalue weighted by molar-refractivity contribution is -0.906. The summed E-state index contributed by atoms with van der Waals surface area (Å²) in [6, 6.07) is 7.63. The molecule has 2 N–H and O–H groups in total. The molecule has 0 spiro atoms. The number of carbonyl (C=O) groups is 1. The average Bonchev–Trinajstić information content (AvgIpc) is 2.92. The monoisotopic (exact) mass is 291 g/mol. The fourth-order valence-electron chi connectivity index (χ4n) is 2.00. The van der Waals surface area contributed by atoms with Crippen LogP contribution in [0, 0.1) is 5.82 Å². The first kappa shape index (κ1) is 13.2. The second kappa shape index (κ2) is 5.28. The zero-order chi connectivity index (χ0) is 14.8.